The minimum absolute atomic E-state index is 0.0306. The first kappa shape index (κ1) is 29.7. The first-order valence-electron chi connectivity index (χ1n) is 10.5. The topological polar surface area (TPSA) is 228 Å². The molecule has 0 spiro atoms. The highest BCUT2D eigenvalue weighted by atomic mass is 32.1. The summed E-state index contributed by atoms with van der Waals surface area (Å²) >= 11 is 3.97. The van der Waals surface area contributed by atoms with Gasteiger partial charge >= 0.3 is 11.9 Å². The largest absolute Gasteiger partial charge is 0.508 e. The number of carbonyl (C=O) groups is 5. The highest BCUT2D eigenvalue weighted by Crippen LogP contribution is 2.11. The molecule has 0 aliphatic heterocycles. The zero-order valence-corrected chi connectivity index (χ0v) is 19.8. The van der Waals surface area contributed by atoms with E-state index in [9.17, 15) is 34.2 Å². The molecule has 1 aromatic rings. The minimum Gasteiger partial charge on any atom is -0.508 e. The molecule has 5 atom stereocenters. The molecule has 0 bridgehead atoms. The third-order valence-electron chi connectivity index (χ3n) is 4.87. The van der Waals surface area contributed by atoms with Crippen LogP contribution >= 0.6 is 12.6 Å². The van der Waals surface area contributed by atoms with E-state index in [4.69, 9.17) is 15.9 Å². The molecule has 0 aliphatic carbocycles. The van der Waals surface area contributed by atoms with Crippen molar-refractivity contribution in [1.29, 1.82) is 0 Å². The number of amides is 3. The average Bonchev–Trinajstić information content (AvgIpc) is 2.78. The number of carbonyl (C=O) groups excluding carboxylic acids is 3. The molecule has 0 radical (unpaired) electrons. The van der Waals surface area contributed by atoms with E-state index in [1.54, 1.807) is 12.1 Å². The van der Waals surface area contributed by atoms with Crippen molar-refractivity contribution in [2.24, 2.45) is 5.73 Å². The number of rotatable bonds is 14. The van der Waals surface area contributed by atoms with Gasteiger partial charge in [-0.1, -0.05) is 12.1 Å². The lowest BCUT2D eigenvalue weighted by Gasteiger charge is -2.25. The van der Waals surface area contributed by atoms with E-state index in [1.165, 1.54) is 12.1 Å². The number of carboxylic acids is 2. The number of hydrogen-bond acceptors (Lipinski definition) is 9. The summed E-state index contributed by atoms with van der Waals surface area (Å²) in [4.78, 5) is 59.9. The molecule has 0 fully saturated rings. The fraction of sp³-hybridized carbons (Fsp3) is 0.476. The van der Waals surface area contributed by atoms with Gasteiger partial charge in [-0.3, -0.25) is 19.2 Å². The number of phenols is 1. The summed E-state index contributed by atoms with van der Waals surface area (Å²) in [5, 5.41) is 43.7. The maximum atomic E-state index is 12.8. The average molecular weight is 515 g/mol. The van der Waals surface area contributed by atoms with Crippen LogP contribution in [-0.2, 0) is 30.4 Å². The van der Waals surface area contributed by atoms with Gasteiger partial charge in [0.05, 0.1) is 12.1 Å². The number of aromatic hydroxyl groups is 1. The van der Waals surface area contributed by atoms with Crippen LogP contribution < -0.4 is 21.7 Å². The molecule has 194 valence electrons. The Labute approximate surface area is 206 Å². The number of aliphatic hydroxyl groups excluding tert-OH is 1. The SMILES string of the molecule is CC(O)C(NC(=O)C(CS)NC(=O)C(CCC(=O)O)NC(=O)C(N)Cc1ccc(O)cc1)C(=O)O. The van der Waals surface area contributed by atoms with Crippen LogP contribution in [0.5, 0.6) is 5.75 Å². The van der Waals surface area contributed by atoms with E-state index in [0.29, 0.717) is 5.56 Å². The highest BCUT2D eigenvalue weighted by Gasteiger charge is 2.31. The Morgan fingerprint density at radius 3 is 1.97 bits per heavy atom. The Morgan fingerprint density at radius 1 is 0.943 bits per heavy atom. The molecule has 0 heterocycles. The summed E-state index contributed by atoms with van der Waals surface area (Å²) in [7, 11) is 0. The second-order valence-corrected chi connectivity index (χ2v) is 8.14. The molecule has 1 rings (SSSR count). The van der Waals surface area contributed by atoms with Crippen LogP contribution in [0.2, 0.25) is 0 Å². The van der Waals surface area contributed by atoms with E-state index >= 15 is 0 Å². The van der Waals surface area contributed by atoms with Gasteiger partial charge in [0.25, 0.3) is 0 Å². The van der Waals surface area contributed by atoms with E-state index in [2.05, 4.69) is 28.6 Å². The monoisotopic (exact) mass is 514 g/mol. The van der Waals surface area contributed by atoms with Crippen molar-refractivity contribution in [3.8, 4) is 5.75 Å². The summed E-state index contributed by atoms with van der Waals surface area (Å²) in [5.41, 5.74) is 6.53. The van der Waals surface area contributed by atoms with E-state index in [-0.39, 0.29) is 24.3 Å². The Kier molecular flexibility index (Phi) is 12.0. The summed E-state index contributed by atoms with van der Waals surface area (Å²) in [6, 6.07) is 0.493. The van der Waals surface area contributed by atoms with Crippen molar-refractivity contribution >= 4 is 42.3 Å². The standard InChI is InChI=1S/C21H30N4O9S/c1-10(26)17(21(33)34)25-20(32)15(9-35)24-19(31)14(6-7-16(28)29)23-18(30)13(22)8-11-2-4-12(27)5-3-11/h2-5,10,13-15,17,26-27,35H,6-9,22H2,1H3,(H,23,30)(H,24,31)(H,25,32)(H,28,29)(H,33,34). The summed E-state index contributed by atoms with van der Waals surface area (Å²) < 4.78 is 0. The first-order valence-corrected chi connectivity index (χ1v) is 11.2. The van der Waals surface area contributed by atoms with Gasteiger partial charge in [0, 0.05) is 12.2 Å². The Bertz CT molecular complexity index is 911. The van der Waals surface area contributed by atoms with Crippen LogP contribution in [0.3, 0.4) is 0 Å². The van der Waals surface area contributed by atoms with Crippen molar-refractivity contribution in [3.63, 3.8) is 0 Å². The second kappa shape index (κ2) is 14.1. The number of nitrogens with one attached hydrogen (secondary N) is 3. The number of benzene rings is 1. The highest BCUT2D eigenvalue weighted by molar-refractivity contribution is 7.80. The number of thiol groups is 1. The fourth-order valence-electron chi connectivity index (χ4n) is 2.90. The Balaban J connectivity index is 2.89. The van der Waals surface area contributed by atoms with Crippen LogP contribution in [0.4, 0.5) is 0 Å². The predicted molar refractivity (Wildman–Crippen MR) is 126 cm³/mol. The van der Waals surface area contributed by atoms with E-state index in [0.717, 1.165) is 6.92 Å². The number of carboxylic acid groups (broad SMARTS) is 2. The van der Waals surface area contributed by atoms with Gasteiger partial charge in [0.2, 0.25) is 17.7 Å². The molecule has 1 aromatic carbocycles. The predicted octanol–water partition coefficient (Wildman–Crippen LogP) is -2.02. The lowest BCUT2D eigenvalue weighted by molar-refractivity contribution is -0.145. The molecular weight excluding hydrogens is 484 g/mol. The minimum atomic E-state index is -1.64. The molecule has 14 heteroatoms. The molecule has 0 aromatic heterocycles. The van der Waals surface area contributed by atoms with Crippen molar-refractivity contribution in [3.05, 3.63) is 29.8 Å². The number of hydrogen-bond donors (Lipinski definition) is 9. The number of aliphatic hydroxyl groups is 1. The molecule has 5 unspecified atom stereocenters. The van der Waals surface area contributed by atoms with Crippen LogP contribution in [-0.4, -0.2) is 86.1 Å². The third kappa shape index (κ3) is 10.2. The number of nitrogens with two attached hydrogens (primary N) is 1. The zero-order valence-electron chi connectivity index (χ0n) is 18.9. The van der Waals surface area contributed by atoms with Gasteiger partial charge < -0.3 is 42.1 Å². The van der Waals surface area contributed by atoms with Gasteiger partial charge in [-0.2, -0.15) is 12.6 Å². The Morgan fingerprint density at radius 2 is 1.49 bits per heavy atom. The van der Waals surface area contributed by atoms with Gasteiger partial charge in [-0.15, -0.1) is 0 Å². The van der Waals surface area contributed by atoms with Gasteiger partial charge in [-0.05, 0) is 37.5 Å². The van der Waals surface area contributed by atoms with Crippen molar-refractivity contribution in [2.45, 2.75) is 56.5 Å². The van der Waals surface area contributed by atoms with E-state index in [1.807, 2.05) is 0 Å². The maximum Gasteiger partial charge on any atom is 0.328 e. The fourth-order valence-corrected chi connectivity index (χ4v) is 3.16. The second-order valence-electron chi connectivity index (χ2n) is 7.78. The quantitative estimate of drug-likeness (QED) is 0.124. The van der Waals surface area contributed by atoms with Crippen molar-refractivity contribution in [1.82, 2.24) is 16.0 Å². The van der Waals surface area contributed by atoms with Gasteiger partial charge in [0.15, 0.2) is 6.04 Å². The van der Waals surface area contributed by atoms with E-state index < -0.39 is 66.4 Å². The summed E-state index contributed by atoms with van der Waals surface area (Å²) in [5.74, 6) is -5.56. The van der Waals surface area contributed by atoms with Gasteiger partial charge in [0.1, 0.15) is 17.8 Å². The molecule has 0 saturated heterocycles. The zero-order chi connectivity index (χ0) is 26.7. The molecule has 13 nitrogen and oxygen atoms in total. The van der Waals surface area contributed by atoms with Gasteiger partial charge in [-0.25, -0.2) is 4.79 Å². The number of aliphatic carboxylic acids is 2. The first-order chi connectivity index (χ1) is 16.3. The lowest BCUT2D eigenvalue weighted by atomic mass is 10.0. The third-order valence-corrected chi connectivity index (χ3v) is 5.24. The lowest BCUT2D eigenvalue weighted by Crippen LogP contribution is -2.59. The van der Waals surface area contributed by atoms with Crippen molar-refractivity contribution in [2.75, 3.05) is 5.75 Å². The van der Waals surface area contributed by atoms with Crippen LogP contribution in [0, 0.1) is 0 Å². The summed E-state index contributed by atoms with van der Waals surface area (Å²) in [6.45, 7) is 1.16. The maximum absolute atomic E-state index is 12.8. The smallest absolute Gasteiger partial charge is 0.328 e. The summed E-state index contributed by atoms with van der Waals surface area (Å²) in [6.07, 6.45) is -2.15. The molecule has 9 N–H and O–H groups in total. The van der Waals surface area contributed by atoms with Crippen LogP contribution in [0.25, 0.3) is 0 Å². The molecule has 0 saturated carbocycles. The molecular formula is C21H30N4O9S. The normalized spacial score (nSPS) is 15.1. The molecule has 0 aliphatic rings. The van der Waals surface area contributed by atoms with Crippen LogP contribution in [0.15, 0.2) is 24.3 Å². The van der Waals surface area contributed by atoms with Crippen molar-refractivity contribution < 1.29 is 44.4 Å². The Hall–Kier alpha value is -3.36. The number of phenolic OH excluding ortho intramolecular Hbond substituents is 1. The molecule has 3 amide bonds. The molecule has 35 heavy (non-hydrogen) atoms. The van der Waals surface area contributed by atoms with Crippen LogP contribution in [0.1, 0.15) is 25.3 Å².